The summed E-state index contributed by atoms with van der Waals surface area (Å²) in [6.45, 7) is 2.47. The number of aliphatic hydroxyl groups excluding tert-OH is 1. The Morgan fingerprint density at radius 2 is 2.15 bits per heavy atom. The Morgan fingerprint density at radius 1 is 1.40 bits per heavy atom. The van der Waals surface area contributed by atoms with E-state index in [-0.39, 0.29) is 19.2 Å². The molecule has 6 heteroatoms. The first kappa shape index (κ1) is 16.3. The van der Waals surface area contributed by atoms with E-state index < -0.39 is 0 Å². The highest BCUT2D eigenvalue weighted by atomic mass is 16.6. The van der Waals surface area contributed by atoms with Crippen LogP contribution in [0.3, 0.4) is 0 Å². The van der Waals surface area contributed by atoms with E-state index >= 15 is 0 Å². The van der Waals surface area contributed by atoms with Crippen LogP contribution in [-0.2, 0) is 14.3 Å². The van der Waals surface area contributed by atoms with Crippen LogP contribution in [0.2, 0.25) is 0 Å². The van der Waals surface area contributed by atoms with Crippen molar-refractivity contribution >= 4 is 11.7 Å². The number of carbonyl (C=O) groups excluding carboxylic acids is 1. The number of β-amino-alcohol motifs (C(OH)–C–C–N with tert-alkyl or cyclic N) is 1. The SMILES string of the molecule is COCC(=O)OC.OCCN1CCOc2ccccc21. The van der Waals surface area contributed by atoms with Crippen molar-refractivity contribution in [1.29, 1.82) is 0 Å². The standard InChI is InChI=1S/C10H13NO2.C4H8O3/c12-7-5-11-6-8-13-10-4-2-1-3-9(10)11;1-6-3-4(5)7-2/h1-4,12H,5-8H2;3H2,1-2H3. The lowest BCUT2D eigenvalue weighted by Crippen LogP contribution is -2.34. The van der Waals surface area contributed by atoms with E-state index in [0.717, 1.165) is 18.0 Å². The number of hydrogen-bond acceptors (Lipinski definition) is 6. The van der Waals surface area contributed by atoms with Crippen LogP contribution in [0.1, 0.15) is 0 Å². The number of hydrogen-bond donors (Lipinski definition) is 1. The molecule has 1 aliphatic heterocycles. The first-order valence-electron chi connectivity index (χ1n) is 6.36. The average molecular weight is 283 g/mol. The molecule has 0 aliphatic carbocycles. The average Bonchev–Trinajstić information content (AvgIpc) is 2.49. The number of para-hydroxylation sites is 2. The largest absolute Gasteiger partial charge is 0.490 e. The molecule has 0 radical (unpaired) electrons. The van der Waals surface area contributed by atoms with Crippen molar-refractivity contribution in [3.8, 4) is 5.75 Å². The third-order valence-electron chi connectivity index (χ3n) is 2.68. The van der Waals surface area contributed by atoms with E-state index in [4.69, 9.17) is 9.84 Å². The topological polar surface area (TPSA) is 68.2 Å². The van der Waals surface area contributed by atoms with Crippen molar-refractivity contribution < 1.29 is 24.1 Å². The Labute approximate surface area is 118 Å². The second-order valence-corrected chi connectivity index (χ2v) is 4.04. The molecule has 1 aromatic rings. The van der Waals surface area contributed by atoms with E-state index in [0.29, 0.717) is 13.2 Å². The minimum atomic E-state index is -0.345. The van der Waals surface area contributed by atoms with Crippen LogP contribution in [0, 0.1) is 0 Å². The summed E-state index contributed by atoms with van der Waals surface area (Å²) in [5.74, 6) is 0.574. The molecule has 0 saturated carbocycles. The molecular formula is C14H21NO5. The van der Waals surface area contributed by atoms with E-state index in [2.05, 4.69) is 14.4 Å². The third kappa shape index (κ3) is 5.07. The summed E-state index contributed by atoms with van der Waals surface area (Å²) in [7, 11) is 2.76. The lowest BCUT2D eigenvalue weighted by atomic mass is 10.2. The fourth-order valence-electron chi connectivity index (χ4n) is 1.76. The summed E-state index contributed by atoms with van der Waals surface area (Å²) >= 11 is 0. The molecule has 2 rings (SSSR count). The maximum atomic E-state index is 10.1. The van der Waals surface area contributed by atoms with Crippen LogP contribution in [-0.4, -0.2) is 58.2 Å². The molecule has 0 spiro atoms. The minimum Gasteiger partial charge on any atom is -0.490 e. The number of fused-ring (bicyclic) bond motifs is 1. The van der Waals surface area contributed by atoms with Gasteiger partial charge in [0.25, 0.3) is 0 Å². The van der Waals surface area contributed by atoms with Gasteiger partial charge < -0.3 is 24.2 Å². The summed E-state index contributed by atoms with van der Waals surface area (Å²) in [5, 5.41) is 8.86. The molecule has 0 bridgehead atoms. The van der Waals surface area contributed by atoms with Gasteiger partial charge in [0.2, 0.25) is 0 Å². The van der Waals surface area contributed by atoms with E-state index in [1.165, 1.54) is 14.2 Å². The smallest absolute Gasteiger partial charge is 0.331 e. The summed E-state index contributed by atoms with van der Waals surface area (Å²) in [6.07, 6.45) is 0. The lowest BCUT2D eigenvalue weighted by Gasteiger charge is -2.30. The predicted octanol–water partition coefficient (Wildman–Crippen LogP) is 0.684. The number of methoxy groups -OCH3 is 2. The molecular weight excluding hydrogens is 262 g/mol. The maximum absolute atomic E-state index is 10.1. The van der Waals surface area contributed by atoms with Crippen molar-refractivity contribution in [3.05, 3.63) is 24.3 Å². The van der Waals surface area contributed by atoms with Gasteiger partial charge in [-0.3, -0.25) is 0 Å². The first-order valence-corrected chi connectivity index (χ1v) is 6.36. The Kier molecular flexibility index (Phi) is 7.46. The van der Waals surface area contributed by atoms with E-state index in [1.807, 2.05) is 24.3 Å². The molecule has 0 atom stereocenters. The Balaban J connectivity index is 0.000000246. The fourth-order valence-corrected chi connectivity index (χ4v) is 1.76. The van der Waals surface area contributed by atoms with Gasteiger partial charge in [-0.25, -0.2) is 4.79 Å². The number of carbonyl (C=O) groups is 1. The number of benzene rings is 1. The van der Waals surface area contributed by atoms with Crippen LogP contribution < -0.4 is 9.64 Å². The van der Waals surface area contributed by atoms with E-state index in [1.54, 1.807) is 0 Å². The Hall–Kier alpha value is -1.79. The lowest BCUT2D eigenvalue weighted by molar-refractivity contribution is -0.144. The van der Waals surface area contributed by atoms with Gasteiger partial charge in [0.15, 0.2) is 0 Å². The summed E-state index contributed by atoms with van der Waals surface area (Å²) in [5.41, 5.74) is 1.09. The molecule has 6 nitrogen and oxygen atoms in total. The van der Waals surface area contributed by atoms with Crippen LogP contribution in [0.15, 0.2) is 24.3 Å². The van der Waals surface area contributed by atoms with Crippen LogP contribution in [0.25, 0.3) is 0 Å². The van der Waals surface area contributed by atoms with Gasteiger partial charge in [0.1, 0.15) is 19.0 Å². The zero-order valence-corrected chi connectivity index (χ0v) is 11.9. The zero-order chi connectivity index (χ0) is 14.8. The van der Waals surface area contributed by atoms with E-state index in [9.17, 15) is 4.79 Å². The number of ether oxygens (including phenoxy) is 3. The molecule has 112 valence electrons. The monoisotopic (exact) mass is 283 g/mol. The third-order valence-corrected chi connectivity index (χ3v) is 2.68. The number of aliphatic hydroxyl groups is 1. The molecule has 1 N–H and O–H groups in total. The van der Waals surface area contributed by atoms with Gasteiger partial charge in [0, 0.05) is 13.7 Å². The molecule has 0 unspecified atom stereocenters. The predicted molar refractivity (Wildman–Crippen MR) is 75.1 cm³/mol. The fraction of sp³-hybridized carbons (Fsp3) is 0.500. The molecule has 0 saturated heterocycles. The van der Waals surface area contributed by atoms with Crippen molar-refractivity contribution in [3.63, 3.8) is 0 Å². The zero-order valence-electron chi connectivity index (χ0n) is 11.9. The molecule has 1 aliphatic rings. The van der Waals surface area contributed by atoms with Crippen LogP contribution in [0.4, 0.5) is 5.69 Å². The first-order chi connectivity index (χ1) is 9.72. The second-order valence-electron chi connectivity index (χ2n) is 4.04. The molecule has 1 aromatic carbocycles. The molecule has 20 heavy (non-hydrogen) atoms. The second kappa shape index (κ2) is 9.17. The molecule has 1 heterocycles. The van der Waals surface area contributed by atoms with Gasteiger partial charge in [-0.05, 0) is 12.1 Å². The number of esters is 1. The summed E-state index contributed by atoms with van der Waals surface area (Å²) in [6, 6.07) is 7.92. The van der Waals surface area contributed by atoms with Crippen molar-refractivity contribution in [1.82, 2.24) is 0 Å². The highest BCUT2D eigenvalue weighted by molar-refractivity contribution is 5.70. The summed E-state index contributed by atoms with van der Waals surface area (Å²) in [4.78, 5) is 12.2. The van der Waals surface area contributed by atoms with Crippen LogP contribution >= 0.6 is 0 Å². The highest BCUT2D eigenvalue weighted by Gasteiger charge is 2.15. The van der Waals surface area contributed by atoms with Gasteiger partial charge in [0.05, 0.1) is 25.9 Å². The van der Waals surface area contributed by atoms with Gasteiger partial charge >= 0.3 is 5.97 Å². The Morgan fingerprint density at radius 3 is 2.75 bits per heavy atom. The minimum absolute atomic E-state index is 0.0382. The van der Waals surface area contributed by atoms with Gasteiger partial charge in [-0.1, -0.05) is 12.1 Å². The van der Waals surface area contributed by atoms with Gasteiger partial charge in [-0.15, -0.1) is 0 Å². The number of nitrogens with zero attached hydrogens (tertiary/aromatic N) is 1. The van der Waals surface area contributed by atoms with Crippen molar-refractivity contribution in [2.75, 3.05) is 52.0 Å². The molecule has 0 fully saturated rings. The van der Waals surface area contributed by atoms with Crippen molar-refractivity contribution in [2.45, 2.75) is 0 Å². The van der Waals surface area contributed by atoms with Crippen molar-refractivity contribution in [2.24, 2.45) is 0 Å². The molecule has 0 aromatic heterocycles. The van der Waals surface area contributed by atoms with Crippen LogP contribution in [0.5, 0.6) is 5.75 Å². The summed E-state index contributed by atoms with van der Waals surface area (Å²) < 4.78 is 14.1. The quantitative estimate of drug-likeness (QED) is 0.820. The number of anilines is 1. The van der Waals surface area contributed by atoms with Gasteiger partial charge in [-0.2, -0.15) is 0 Å². The Bertz CT molecular complexity index is 410. The maximum Gasteiger partial charge on any atom is 0.331 e. The normalized spacial score (nSPS) is 12.7. The molecule has 0 amide bonds. The number of rotatable bonds is 4. The highest BCUT2D eigenvalue weighted by Crippen LogP contribution is 2.30.